The van der Waals surface area contributed by atoms with Crippen LogP contribution in [0.2, 0.25) is 0 Å². The number of aromatic amines is 1. The van der Waals surface area contributed by atoms with E-state index in [9.17, 15) is 48.3 Å². The van der Waals surface area contributed by atoms with Crippen LogP contribution in [0.1, 0.15) is 57.3 Å². The molecular formula is C29H30N6O14P2. The molecule has 3 heterocycles. The van der Waals surface area contributed by atoms with Gasteiger partial charge >= 0.3 is 15.6 Å². The van der Waals surface area contributed by atoms with Gasteiger partial charge in [0, 0.05) is 34.4 Å². The summed E-state index contributed by atoms with van der Waals surface area (Å²) in [4.78, 5) is 80.2. The number of nitrogens with zero attached hydrogens (tertiary/aromatic N) is 3. The lowest BCUT2D eigenvalue weighted by Gasteiger charge is -2.19. The molecule has 6 rings (SSSR count). The molecule has 2 aromatic heterocycles. The molecular weight excluding hydrogens is 718 g/mol. The van der Waals surface area contributed by atoms with Crippen molar-refractivity contribution in [2.45, 2.75) is 43.8 Å². The molecule has 2 aromatic carbocycles. The van der Waals surface area contributed by atoms with Crippen LogP contribution in [0.3, 0.4) is 0 Å². The van der Waals surface area contributed by atoms with Crippen LogP contribution in [0.4, 0.5) is 11.6 Å². The van der Waals surface area contributed by atoms with Crippen molar-refractivity contribution in [1.29, 1.82) is 0 Å². The highest BCUT2D eigenvalue weighted by atomic mass is 31.3. The monoisotopic (exact) mass is 748 g/mol. The van der Waals surface area contributed by atoms with E-state index in [1.165, 1.54) is 18.2 Å². The molecule has 1 amide bonds. The third kappa shape index (κ3) is 7.75. The maximum absolute atomic E-state index is 12.9. The van der Waals surface area contributed by atoms with Gasteiger partial charge in [-0.05, 0) is 31.0 Å². The Morgan fingerprint density at radius 3 is 2.35 bits per heavy atom. The van der Waals surface area contributed by atoms with Crippen molar-refractivity contribution in [3.63, 3.8) is 0 Å². The molecule has 2 aliphatic rings. The first-order valence-electron chi connectivity index (χ1n) is 15.2. The normalized spacial score (nSPS) is 22.3. The first kappa shape index (κ1) is 36.3. The Labute approximate surface area is 286 Å². The number of rotatable bonds is 13. The van der Waals surface area contributed by atoms with Crippen molar-refractivity contribution in [2.24, 2.45) is 0 Å². The average Bonchev–Trinajstić information content (AvgIpc) is 3.61. The maximum atomic E-state index is 12.9. The van der Waals surface area contributed by atoms with Gasteiger partial charge in [-0.3, -0.25) is 37.8 Å². The summed E-state index contributed by atoms with van der Waals surface area (Å²) in [7, 11) is -10.5. The number of fused-ring (bicyclic) bond motifs is 3. The van der Waals surface area contributed by atoms with Crippen LogP contribution < -0.4 is 16.6 Å². The third-order valence-corrected chi connectivity index (χ3v) is 10.6. The Bertz CT molecular complexity index is 2190. The van der Waals surface area contributed by atoms with Crippen molar-refractivity contribution < 1.29 is 61.6 Å². The van der Waals surface area contributed by atoms with E-state index in [1.54, 1.807) is 24.3 Å². The number of aliphatic hydroxyl groups is 2. The van der Waals surface area contributed by atoms with Crippen molar-refractivity contribution in [3.05, 3.63) is 81.4 Å². The second kappa shape index (κ2) is 14.3. The molecule has 51 heavy (non-hydrogen) atoms. The van der Waals surface area contributed by atoms with E-state index in [0.717, 1.165) is 10.9 Å². The van der Waals surface area contributed by atoms with E-state index >= 15 is 0 Å². The SMILES string of the molecule is Nc1nc2c(ncn2[C@@H]2O[C@H](COP(=O)(O)OP(=O)(O)OCCCCC(=O)Nc3ccc4c(c3)C(=O)c3ccccc3C4=O)[C@@H](O)[C@H]2O)c(=O)[nH]1. The number of H-pyrrole nitrogens is 1. The number of unbranched alkanes of at least 4 members (excludes halogenated alkanes) is 1. The van der Waals surface area contributed by atoms with E-state index in [4.69, 9.17) is 19.5 Å². The summed E-state index contributed by atoms with van der Waals surface area (Å²) < 4.78 is 45.1. The highest BCUT2D eigenvalue weighted by Crippen LogP contribution is 2.60. The fourth-order valence-corrected chi connectivity index (χ4v) is 7.65. The number of benzene rings is 2. The number of imidazole rings is 1. The zero-order valence-electron chi connectivity index (χ0n) is 26.1. The highest BCUT2D eigenvalue weighted by molar-refractivity contribution is 7.61. The summed E-state index contributed by atoms with van der Waals surface area (Å²) in [5, 5.41) is 23.6. The summed E-state index contributed by atoms with van der Waals surface area (Å²) >= 11 is 0. The minimum absolute atomic E-state index is 0.0442. The molecule has 1 fully saturated rings. The van der Waals surface area contributed by atoms with Crippen LogP contribution in [-0.2, 0) is 32.0 Å². The number of hydrogen-bond acceptors (Lipinski definition) is 15. The number of amides is 1. The number of nitrogen functional groups attached to an aromatic ring is 1. The van der Waals surface area contributed by atoms with Gasteiger partial charge in [0.2, 0.25) is 11.9 Å². The van der Waals surface area contributed by atoms with Crippen LogP contribution in [0.5, 0.6) is 0 Å². The largest absolute Gasteiger partial charge is 0.481 e. The molecule has 0 radical (unpaired) electrons. The zero-order valence-corrected chi connectivity index (χ0v) is 27.9. The topological polar surface area (TPSA) is 305 Å². The highest BCUT2D eigenvalue weighted by Gasteiger charge is 2.46. The van der Waals surface area contributed by atoms with Gasteiger partial charge in [-0.25, -0.2) is 14.1 Å². The number of ether oxygens (including phenoxy) is 1. The van der Waals surface area contributed by atoms with Gasteiger partial charge in [-0.2, -0.15) is 9.29 Å². The van der Waals surface area contributed by atoms with Gasteiger partial charge in [-0.1, -0.05) is 24.3 Å². The minimum Gasteiger partial charge on any atom is -0.387 e. The summed E-state index contributed by atoms with van der Waals surface area (Å²) in [5.41, 5.74) is 5.93. The van der Waals surface area contributed by atoms with Crippen LogP contribution in [0, 0.1) is 0 Å². The Balaban J connectivity index is 0.939. The molecule has 0 saturated carbocycles. The third-order valence-electron chi connectivity index (χ3n) is 7.93. The number of phosphoric acid groups is 2. The molecule has 0 bridgehead atoms. The van der Waals surface area contributed by atoms with Crippen molar-refractivity contribution in [1.82, 2.24) is 19.5 Å². The molecule has 20 nitrogen and oxygen atoms in total. The van der Waals surface area contributed by atoms with Crippen molar-refractivity contribution in [2.75, 3.05) is 24.3 Å². The van der Waals surface area contributed by atoms with Crippen LogP contribution >= 0.6 is 15.6 Å². The summed E-state index contributed by atoms with van der Waals surface area (Å²) in [6.45, 7) is -1.36. The number of carbonyl (C=O) groups excluding carboxylic acids is 3. The van der Waals surface area contributed by atoms with E-state index in [0.29, 0.717) is 5.56 Å². The molecule has 6 atom stereocenters. The first-order valence-corrected chi connectivity index (χ1v) is 18.2. The molecule has 22 heteroatoms. The molecule has 4 aromatic rings. The Kier molecular flexibility index (Phi) is 10.2. The van der Waals surface area contributed by atoms with Crippen LogP contribution in [-0.4, -0.2) is 88.5 Å². The predicted molar refractivity (Wildman–Crippen MR) is 173 cm³/mol. The van der Waals surface area contributed by atoms with E-state index in [-0.39, 0.29) is 70.3 Å². The molecule has 1 aliphatic heterocycles. The zero-order chi connectivity index (χ0) is 36.7. The lowest BCUT2D eigenvalue weighted by atomic mass is 9.84. The van der Waals surface area contributed by atoms with Crippen LogP contribution in [0.15, 0.2) is 53.6 Å². The standard InChI is InChI=1S/C29H30N6O14P2/c30-29-33-26-21(27(41)34-29)31-13-35(26)28-25(40)24(39)19(48-28)12-47-51(44,45)49-50(42,43)46-10-4-3-7-20(36)32-14-8-9-17-18(11-14)23(38)16-6-2-1-5-15(16)22(17)37/h1-2,5-6,8-9,11,13,19,24-25,28,39-40H,3-4,7,10,12H2,(H,32,36)(H,42,43)(H,44,45)(H3,30,33,34,41)/t19-,24-,25-,28-/m1/s1. The number of ketones is 2. The fraction of sp³-hybridized carbons (Fsp3) is 0.310. The maximum Gasteiger partial charge on any atom is 0.481 e. The van der Waals surface area contributed by atoms with Gasteiger partial charge in [0.15, 0.2) is 29.0 Å². The second-order valence-corrected chi connectivity index (χ2v) is 14.5. The van der Waals surface area contributed by atoms with Crippen molar-refractivity contribution >= 4 is 55.9 Å². The average molecular weight is 749 g/mol. The number of anilines is 2. The number of carbonyl (C=O) groups is 3. The number of phosphoric ester groups is 2. The molecule has 270 valence electrons. The first-order chi connectivity index (χ1) is 24.1. The Hall–Kier alpha value is -4.46. The van der Waals surface area contributed by atoms with Gasteiger partial charge in [-0.15, -0.1) is 0 Å². The number of aliphatic hydroxyl groups excluding tert-OH is 2. The Morgan fingerprint density at radius 1 is 0.961 bits per heavy atom. The Morgan fingerprint density at radius 2 is 1.63 bits per heavy atom. The van der Waals surface area contributed by atoms with Crippen molar-refractivity contribution in [3.8, 4) is 0 Å². The summed E-state index contributed by atoms with van der Waals surface area (Å²) in [6.07, 6.45) is -4.97. The van der Waals surface area contributed by atoms with E-state index < -0.39 is 64.9 Å². The van der Waals surface area contributed by atoms with Gasteiger partial charge in [0.25, 0.3) is 5.56 Å². The quantitative estimate of drug-likeness (QED) is 0.0656. The minimum atomic E-state index is -5.30. The number of aromatic nitrogens is 4. The summed E-state index contributed by atoms with van der Waals surface area (Å²) in [6, 6.07) is 10.8. The molecule has 8 N–H and O–H groups in total. The van der Waals surface area contributed by atoms with Gasteiger partial charge in [0.05, 0.1) is 19.5 Å². The van der Waals surface area contributed by atoms with Gasteiger partial charge in [0.1, 0.15) is 18.3 Å². The van der Waals surface area contributed by atoms with E-state index in [1.807, 2.05) is 0 Å². The second-order valence-electron chi connectivity index (χ2n) is 11.4. The number of nitrogens with one attached hydrogen (secondary N) is 2. The summed E-state index contributed by atoms with van der Waals surface area (Å²) in [5.74, 6) is -1.36. The lowest BCUT2D eigenvalue weighted by molar-refractivity contribution is -0.116. The van der Waals surface area contributed by atoms with E-state index in [2.05, 4.69) is 24.6 Å². The predicted octanol–water partition coefficient (Wildman–Crippen LogP) is 1.16. The molecule has 0 spiro atoms. The smallest absolute Gasteiger partial charge is 0.387 e. The molecule has 2 unspecified atom stereocenters. The lowest BCUT2D eigenvalue weighted by Crippen LogP contribution is -2.33. The number of hydrogen-bond donors (Lipinski definition) is 7. The molecule has 1 saturated heterocycles. The molecule has 1 aliphatic carbocycles. The van der Waals surface area contributed by atoms with Crippen LogP contribution in [0.25, 0.3) is 11.2 Å². The number of nitrogens with two attached hydrogens (primary N) is 1. The fourth-order valence-electron chi connectivity index (χ4n) is 5.54. The van der Waals surface area contributed by atoms with Gasteiger partial charge < -0.3 is 35.8 Å².